The Kier molecular flexibility index (Phi) is 4.57. The molecule has 100 valence electrons. The van der Waals surface area contributed by atoms with E-state index in [2.05, 4.69) is 37.9 Å². The number of nitrogens with one attached hydrogen (secondary N) is 1. The molecule has 1 heterocycles. The predicted molar refractivity (Wildman–Crippen MR) is 85.5 cm³/mol. The van der Waals surface area contributed by atoms with Gasteiger partial charge in [-0.15, -0.1) is 0 Å². The van der Waals surface area contributed by atoms with Crippen LogP contribution in [0.2, 0.25) is 0 Å². The van der Waals surface area contributed by atoms with Crippen LogP contribution in [0.15, 0.2) is 30.5 Å². The van der Waals surface area contributed by atoms with Crippen LogP contribution in [0.4, 0.5) is 5.82 Å². The Labute approximate surface area is 126 Å². The van der Waals surface area contributed by atoms with Crippen molar-refractivity contribution in [2.75, 3.05) is 12.4 Å². The van der Waals surface area contributed by atoms with Crippen molar-refractivity contribution in [3.63, 3.8) is 0 Å². The van der Waals surface area contributed by atoms with E-state index in [1.807, 2.05) is 51.4 Å². The zero-order valence-electron chi connectivity index (χ0n) is 11.1. The monoisotopic (exact) mass is 369 g/mol. The summed E-state index contributed by atoms with van der Waals surface area (Å²) in [5, 5.41) is 3.06. The third kappa shape index (κ3) is 3.56. The predicted octanol–water partition coefficient (Wildman–Crippen LogP) is 3.58. The lowest BCUT2D eigenvalue weighted by molar-refractivity contribution is 0.242. The van der Waals surface area contributed by atoms with Crippen LogP contribution in [0.5, 0.6) is 5.75 Å². The van der Waals surface area contributed by atoms with E-state index in [4.69, 9.17) is 4.74 Å². The molecule has 0 saturated heterocycles. The summed E-state index contributed by atoms with van der Waals surface area (Å²) < 4.78 is 6.68. The van der Waals surface area contributed by atoms with Gasteiger partial charge in [0.15, 0.2) is 5.82 Å². The fourth-order valence-electron chi connectivity index (χ4n) is 1.66. The second kappa shape index (κ2) is 6.18. The van der Waals surface area contributed by atoms with Gasteiger partial charge in [-0.25, -0.2) is 9.97 Å². The minimum atomic E-state index is 0.153. The molecule has 4 nitrogen and oxygen atoms in total. The van der Waals surface area contributed by atoms with Crippen molar-refractivity contribution in [2.45, 2.75) is 20.0 Å². The first-order valence-electron chi connectivity index (χ1n) is 6.07. The van der Waals surface area contributed by atoms with Crippen LogP contribution in [0.3, 0.4) is 0 Å². The van der Waals surface area contributed by atoms with E-state index in [1.54, 1.807) is 0 Å². The second-order valence-corrected chi connectivity index (χ2v) is 5.50. The average Bonchev–Trinajstić information content (AvgIpc) is 2.39. The molecule has 0 spiro atoms. The number of nitrogens with zero attached hydrogens (tertiary/aromatic N) is 2. The van der Waals surface area contributed by atoms with Crippen molar-refractivity contribution in [3.05, 3.63) is 34.0 Å². The highest BCUT2D eigenvalue weighted by Crippen LogP contribution is 2.24. The molecule has 1 aromatic carbocycles. The summed E-state index contributed by atoms with van der Waals surface area (Å²) in [4.78, 5) is 8.86. The van der Waals surface area contributed by atoms with Crippen molar-refractivity contribution < 1.29 is 4.74 Å². The first-order chi connectivity index (χ1) is 9.10. The largest absolute Gasteiger partial charge is 0.491 e. The van der Waals surface area contributed by atoms with E-state index in [0.717, 1.165) is 20.7 Å². The standard InChI is InChI=1S/C14H16IN3O/c1-9(2)19-11-6-4-5-10(7-11)13-17-8-12(15)14(16-3)18-13/h4-9H,1-3H3,(H,16,17,18). The third-order valence-corrected chi connectivity index (χ3v) is 3.23. The van der Waals surface area contributed by atoms with Gasteiger partial charge in [0, 0.05) is 18.8 Å². The lowest BCUT2D eigenvalue weighted by Gasteiger charge is -2.11. The van der Waals surface area contributed by atoms with Crippen LogP contribution in [-0.4, -0.2) is 23.1 Å². The Morgan fingerprint density at radius 2 is 2.11 bits per heavy atom. The van der Waals surface area contributed by atoms with Crippen molar-refractivity contribution in [3.8, 4) is 17.1 Å². The van der Waals surface area contributed by atoms with Crippen molar-refractivity contribution in [1.82, 2.24) is 9.97 Å². The Bertz CT molecular complexity index is 572. The van der Waals surface area contributed by atoms with Crippen molar-refractivity contribution in [2.24, 2.45) is 0 Å². The maximum absolute atomic E-state index is 5.68. The van der Waals surface area contributed by atoms with Crippen LogP contribution in [-0.2, 0) is 0 Å². The fourth-order valence-corrected chi connectivity index (χ4v) is 2.19. The number of hydrogen-bond donors (Lipinski definition) is 1. The highest BCUT2D eigenvalue weighted by atomic mass is 127. The molecule has 0 atom stereocenters. The minimum absolute atomic E-state index is 0.153. The Morgan fingerprint density at radius 1 is 1.32 bits per heavy atom. The molecule has 0 bridgehead atoms. The molecule has 0 radical (unpaired) electrons. The summed E-state index contributed by atoms with van der Waals surface area (Å²) in [5.74, 6) is 2.36. The summed E-state index contributed by atoms with van der Waals surface area (Å²) in [7, 11) is 1.85. The Hall–Kier alpha value is -1.37. The lowest BCUT2D eigenvalue weighted by atomic mass is 10.2. The van der Waals surface area contributed by atoms with E-state index < -0.39 is 0 Å². The molecule has 0 aliphatic carbocycles. The van der Waals surface area contributed by atoms with Gasteiger partial charge in [0.1, 0.15) is 11.6 Å². The van der Waals surface area contributed by atoms with Gasteiger partial charge in [-0.2, -0.15) is 0 Å². The van der Waals surface area contributed by atoms with E-state index in [9.17, 15) is 0 Å². The first kappa shape index (κ1) is 14.0. The van der Waals surface area contributed by atoms with Gasteiger partial charge in [0.05, 0.1) is 9.67 Å². The molecular weight excluding hydrogens is 353 g/mol. The summed E-state index contributed by atoms with van der Waals surface area (Å²) >= 11 is 2.21. The molecule has 0 saturated carbocycles. The van der Waals surface area contributed by atoms with Gasteiger partial charge in [-0.3, -0.25) is 0 Å². The fraction of sp³-hybridized carbons (Fsp3) is 0.286. The molecule has 0 fully saturated rings. The molecule has 2 aromatic rings. The smallest absolute Gasteiger partial charge is 0.161 e. The zero-order valence-corrected chi connectivity index (χ0v) is 13.3. The SMILES string of the molecule is CNc1nc(-c2cccc(OC(C)C)c2)ncc1I. The molecule has 0 unspecified atom stereocenters. The van der Waals surface area contributed by atoms with Crippen molar-refractivity contribution >= 4 is 28.4 Å². The van der Waals surface area contributed by atoms with Gasteiger partial charge < -0.3 is 10.1 Å². The minimum Gasteiger partial charge on any atom is -0.491 e. The molecule has 0 aliphatic rings. The summed E-state index contributed by atoms with van der Waals surface area (Å²) in [6.07, 6.45) is 1.96. The van der Waals surface area contributed by atoms with Crippen LogP contribution >= 0.6 is 22.6 Å². The number of halogens is 1. The molecule has 1 aromatic heterocycles. The zero-order chi connectivity index (χ0) is 13.8. The van der Waals surface area contributed by atoms with Gasteiger partial charge in [-0.1, -0.05) is 12.1 Å². The van der Waals surface area contributed by atoms with Crippen LogP contribution in [0.1, 0.15) is 13.8 Å². The van der Waals surface area contributed by atoms with Gasteiger partial charge in [-0.05, 0) is 48.6 Å². The topological polar surface area (TPSA) is 47.0 Å². The molecule has 19 heavy (non-hydrogen) atoms. The van der Waals surface area contributed by atoms with Gasteiger partial charge in [0.25, 0.3) is 0 Å². The number of benzene rings is 1. The number of rotatable bonds is 4. The summed E-state index contributed by atoms with van der Waals surface area (Å²) in [5.41, 5.74) is 0.950. The van der Waals surface area contributed by atoms with Crippen LogP contribution in [0.25, 0.3) is 11.4 Å². The molecular formula is C14H16IN3O. The Balaban J connectivity index is 2.36. The van der Waals surface area contributed by atoms with E-state index in [1.165, 1.54) is 0 Å². The summed E-state index contributed by atoms with van der Waals surface area (Å²) in [6.45, 7) is 4.01. The third-order valence-electron chi connectivity index (χ3n) is 2.44. The second-order valence-electron chi connectivity index (χ2n) is 4.33. The van der Waals surface area contributed by atoms with E-state index in [0.29, 0.717) is 5.82 Å². The maximum atomic E-state index is 5.68. The normalized spacial score (nSPS) is 10.6. The quantitative estimate of drug-likeness (QED) is 0.837. The van der Waals surface area contributed by atoms with Crippen LogP contribution < -0.4 is 10.1 Å². The van der Waals surface area contributed by atoms with Crippen LogP contribution in [0, 0.1) is 3.57 Å². The lowest BCUT2D eigenvalue weighted by Crippen LogP contribution is -2.05. The van der Waals surface area contributed by atoms with E-state index in [-0.39, 0.29) is 6.10 Å². The van der Waals surface area contributed by atoms with Gasteiger partial charge in [0.2, 0.25) is 0 Å². The Morgan fingerprint density at radius 3 is 2.79 bits per heavy atom. The number of hydrogen-bond acceptors (Lipinski definition) is 4. The number of anilines is 1. The molecule has 0 aliphatic heterocycles. The van der Waals surface area contributed by atoms with Crippen molar-refractivity contribution in [1.29, 1.82) is 0 Å². The molecule has 1 N–H and O–H groups in total. The maximum Gasteiger partial charge on any atom is 0.161 e. The highest BCUT2D eigenvalue weighted by molar-refractivity contribution is 14.1. The number of aromatic nitrogens is 2. The molecule has 5 heteroatoms. The average molecular weight is 369 g/mol. The highest BCUT2D eigenvalue weighted by Gasteiger charge is 2.07. The number of ether oxygens (including phenoxy) is 1. The molecule has 2 rings (SSSR count). The molecule has 0 amide bonds. The van der Waals surface area contributed by atoms with Gasteiger partial charge >= 0.3 is 0 Å². The summed E-state index contributed by atoms with van der Waals surface area (Å²) in [6, 6.07) is 7.83. The first-order valence-corrected chi connectivity index (χ1v) is 7.15. The van der Waals surface area contributed by atoms with E-state index >= 15 is 0 Å².